The van der Waals surface area contributed by atoms with Crippen LogP contribution >= 0.6 is 12.4 Å². The first kappa shape index (κ1) is 21.2. The predicted molar refractivity (Wildman–Crippen MR) is 95.4 cm³/mol. The molecule has 0 bridgehead atoms. The van der Waals surface area contributed by atoms with E-state index in [1.54, 1.807) is 37.8 Å². The van der Waals surface area contributed by atoms with E-state index in [0.717, 1.165) is 12.8 Å². The maximum atomic E-state index is 12.7. The van der Waals surface area contributed by atoms with Crippen LogP contribution in [0.4, 0.5) is 4.79 Å². The normalized spacial score (nSPS) is 16.6. The number of pyridine rings is 1. The van der Waals surface area contributed by atoms with Crippen LogP contribution in [0.15, 0.2) is 24.5 Å². The van der Waals surface area contributed by atoms with E-state index >= 15 is 0 Å². The molecular formula is C17H26ClN3O4. The Kier molecular flexibility index (Phi) is 7.63. The van der Waals surface area contributed by atoms with E-state index < -0.39 is 23.8 Å². The number of nitrogens with zero attached hydrogens (tertiary/aromatic N) is 2. The van der Waals surface area contributed by atoms with Gasteiger partial charge in [0.2, 0.25) is 5.91 Å². The van der Waals surface area contributed by atoms with Gasteiger partial charge < -0.3 is 20.1 Å². The predicted octanol–water partition coefficient (Wildman–Crippen LogP) is 2.05. The maximum Gasteiger partial charge on any atom is 0.408 e. The zero-order valence-corrected chi connectivity index (χ0v) is 15.6. The van der Waals surface area contributed by atoms with Gasteiger partial charge >= 0.3 is 6.09 Å². The Bertz CT molecular complexity index is 571. The van der Waals surface area contributed by atoms with Gasteiger partial charge in [0.25, 0.3) is 0 Å². The lowest BCUT2D eigenvalue weighted by Crippen LogP contribution is -2.52. The number of likely N-dealkylation sites (tertiary alicyclic amines) is 1. The Morgan fingerprint density at radius 2 is 1.80 bits per heavy atom. The van der Waals surface area contributed by atoms with Gasteiger partial charge in [-0.2, -0.15) is 0 Å². The monoisotopic (exact) mass is 371 g/mol. The van der Waals surface area contributed by atoms with Crippen molar-refractivity contribution in [1.29, 1.82) is 0 Å². The molecule has 140 valence electrons. The average Bonchev–Trinajstić information content (AvgIpc) is 3.05. The summed E-state index contributed by atoms with van der Waals surface area (Å²) < 4.78 is 5.22. The van der Waals surface area contributed by atoms with Crippen molar-refractivity contribution in [3.8, 4) is 0 Å². The number of carbonyl (C=O) groups is 2. The molecule has 0 aromatic carbocycles. The van der Waals surface area contributed by atoms with Gasteiger partial charge in [0.05, 0.1) is 0 Å². The number of rotatable bonds is 4. The summed E-state index contributed by atoms with van der Waals surface area (Å²) in [5, 5.41) is 13.1. The summed E-state index contributed by atoms with van der Waals surface area (Å²) in [6.45, 7) is 6.48. The molecule has 1 saturated heterocycles. The highest BCUT2D eigenvalue weighted by Gasteiger charge is 2.35. The molecule has 1 aliphatic rings. The second-order valence-corrected chi connectivity index (χ2v) is 6.88. The molecule has 0 saturated carbocycles. The smallest absolute Gasteiger partial charge is 0.408 e. The van der Waals surface area contributed by atoms with Crippen LogP contribution in [0.2, 0.25) is 0 Å². The molecule has 0 spiro atoms. The fourth-order valence-electron chi connectivity index (χ4n) is 2.60. The van der Waals surface area contributed by atoms with Crippen molar-refractivity contribution in [2.24, 2.45) is 0 Å². The number of amides is 2. The minimum atomic E-state index is -1.17. The Balaban J connectivity index is 0.00000312. The van der Waals surface area contributed by atoms with Crippen LogP contribution in [-0.2, 0) is 9.53 Å². The molecule has 1 fully saturated rings. The molecule has 2 heterocycles. The van der Waals surface area contributed by atoms with Crippen LogP contribution in [0.3, 0.4) is 0 Å². The number of hydrogen-bond donors (Lipinski definition) is 2. The SMILES string of the molecule is CC(C)(C)OC(=O)NC(C(=O)N1CCCC1)C(O)c1ccncc1.Cl. The number of aliphatic hydroxyl groups excluding tert-OH is 1. The zero-order chi connectivity index (χ0) is 17.7. The van der Waals surface area contributed by atoms with E-state index in [1.807, 2.05) is 0 Å². The molecule has 7 nitrogen and oxygen atoms in total. The van der Waals surface area contributed by atoms with Gasteiger partial charge in [-0.1, -0.05) is 0 Å². The highest BCUT2D eigenvalue weighted by Crippen LogP contribution is 2.20. The highest BCUT2D eigenvalue weighted by atomic mass is 35.5. The molecule has 1 aromatic rings. The Labute approximate surface area is 154 Å². The lowest BCUT2D eigenvalue weighted by atomic mass is 10.0. The highest BCUT2D eigenvalue weighted by molar-refractivity contribution is 5.86. The molecular weight excluding hydrogens is 346 g/mol. The number of hydrogen-bond acceptors (Lipinski definition) is 5. The molecule has 2 rings (SSSR count). The number of ether oxygens (including phenoxy) is 1. The lowest BCUT2D eigenvalue weighted by molar-refractivity contribution is -0.135. The first-order chi connectivity index (χ1) is 11.3. The number of halogens is 1. The third-order valence-corrected chi connectivity index (χ3v) is 3.72. The van der Waals surface area contributed by atoms with Gasteiger partial charge in [0, 0.05) is 25.5 Å². The first-order valence-corrected chi connectivity index (χ1v) is 8.14. The number of alkyl carbamates (subject to hydrolysis) is 1. The summed E-state index contributed by atoms with van der Waals surface area (Å²) in [4.78, 5) is 30.4. The quantitative estimate of drug-likeness (QED) is 0.845. The minimum Gasteiger partial charge on any atom is -0.444 e. The Hall–Kier alpha value is -1.86. The topological polar surface area (TPSA) is 91.8 Å². The van der Waals surface area contributed by atoms with Gasteiger partial charge in [-0.25, -0.2) is 4.79 Å². The Morgan fingerprint density at radius 1 is 1.24 bits per heavy atom. The van der Waals surface area contributed by atoms with Crippen LogP contribution in [0.5, 0.6) is 0 Å². The number of nitrogens with one attached hydrogen (secondary N) is 1. The van der Waals surface area contributed by atoms with E-state index in [9.17, 15) is 14.7 Å². The van der Waals surface area contributed by atoms with Crippen molar-refractivity contribution in [3.63, 3.8) is 0 Å². The number of aromatic nitrogens is 1. The standard InChI is InChI=1S/C17H25N3O4.ClH/c1-17(2,3)24-16(23)19-13(15(22)20-10-4-5-11-20)14(21)12-6-8-18-9-7-12;/h6-9,13-14,21H,4-5,10-11H2,1-3H3,(H,19,23);1H. The summed E-state index contributed by atoms with van der Waals surface area (Å²) in [7, 11) is 0. The van der Waals surface area contributed by atoms with Crippen LogP contribution in [-0.4, -0.2) is 51.7 Å². The molecule has 0 aliphatic carbocycles. The van der Waals surface area contributed by atoms with Crippen LogP contribution in [0.25, 0.3) is 0 Å². The van der Waals surface area contributed by atoms with Crippen molar-refractivity contribution < 1.29 is 19.4 Å². The van der Waals surface area contributed by atoms with Crippen molar-refractivity contribution in [2.75, 3.05) is 13.1 Å². The van der Waals surface area contributed by atoms with Gasteiger partial charge in [-0.3, -0.25) is 9.78 Å². The van der Waals surface area contributed by atoms with E-state index in [0.29, 0.717) is 18.7 Å². The molecule has 1 aromatic heterocycles. The molecule has 2 amide bonds. The summed E-state index contributed by atoms with van der Waals surface area (Å²) in [6.07, 6.45) is 3.01. The number of carbonyl (C=O) groups excluding carboxylic acids is 2. The van der Waals surface area contributed by atoms with E-state index in [4.69, 9.17) is 4.74 Å². The first-order valence-electron chi connectivity index (χ1n) is 8.14. The third-order valence-electron chi connectivity index (χ3n) is 3.72. The van der Waals surface area contributed by atoms with Crippen molar-refractivity contribution in [3.05, 3.63) is 30.1 Å². The fraction of sp³-hybridized carbons (Fsp3) is 0.588. The second-order valence-electron chi connectivity index (χ2n) is 6.88. The van der Waals surface area contributed by atoms with E-state index in [-0.39, 0.29) is 18.3 Å². The molecule has 1 aliphatic heterocycles. The van der Waals surface area contributed by atoms with Gasteiger partial charge in [0.1, 0.15) is 17.7 Å². The van der Waals surface area contributed by atoms with Gasteiger partial charge in [-0.15, -0.1) is 12.4 Å². The minimum absolute atomic E-state index is 0. The van der Waals surface area contributed by atoms with Crippen LogP contribution in [0.1, 0.15) is 45.3 Å². The molecule has 2 unspecified atom stereocenters. The molecule has 2 N–H and O–H groups in total. The van der Waals surface area contributed by atoms with Crippen molar-refractivity contribution in [1.82, 2.24) is 15.2 Å². The summed E-state index contributed by atoms with van der Waals surface area (Å²) in [5.41, 5.74) is -0.175. The van der Waals surface area contributed by atoms with E-state index in [2.05, 4.69) is 10.3 Å². The van der Waals surface area contributed by atoms with Crippen molar-refractivity contribution >= 4 is 24.4 Å². The van der Waals surface area contributed by atoms with Crippen LogP contribution in [0, 0.1) is 0 Å². The van der Waals surface area contributed by atoms with Gasteiger partial charge in [0.15, 0.2) is 0 Å². The molecule has 25 heavy (non-hydrogen) atoms. The summed E-state index contributed by atoms with van der Waals surface area (Å²) >= 11 is 0. The van der Waals surface area contributed by atoms with E-state index in [1.165, 1.54) is 12.4 Å². The third kappa shape index (κ3) is 6.17. The molecule has 0 radical (unpaired) electrons. The fourth-order valence-corrected chi connectivity index (χ4v) is 2.60. The average molecular weight is 372 g/mol. The Morgan fingerprint density at radius 3 is 2.32 bits per heavy atom. The molecule has 8 heteroatoms. The zero-order valence-electron chi connectivity index (χ0n) is 14.8. The molecule has 2 atom stereocenters. The maximum absolute atomic E-state index is 12.7. The van der Waals surface area contributed by atoms with Crippen molar-refractivity contribution in [2.45, 2.75) is 51.4 Å². The summed E-state index contributed by atoms with van der Waals surface area (Å²) in [5.74, 6) is -0.303. The van der Waals surface area contributed by atoms with Gasteiger partial charge in [-0.05, 0) is 51.3 Å². The largest absolute Gasteiger partial charge is 0.444 e. The summed E-state index contributed by atoms with van der Waals surface area (Å²) in [6, 6.07) is 2.14. The van der Waals surface area contributed by atoms with Crippen LogP contribution < -0.4 is 5.32 Å². The lowest BCUT2D eigenvalue weighted by Gasteiger charge is -2.29. The second kappa shape index (κ2) is 9.01. The number of aliphatic hydroxyl groups is 1.